The summed E-state index contributed by atoms with van der Waals surface area (Å²) in [7, 11) is 0. The lowest BCUT2D eigenvalue weighted by atomic mass is 9.88. The number of nitrogens with one attached hydrogen (secondary N) is 1. The van der Waals surface area contributed by atoms with Crippen LogP contribution in [0.15, 0.2) is 12.2 Å². The molecule has 56 valence electrons. The van der Waals surface area contributed by atoms with Crippen LogP contribution in [-0.2, 0) is 0 Å². The number of fused-ring (bicyclic) bond motifs is 4. The molecule has 3 aliphatic rings. The van der Waals surface area contributed by atoms with Gasteiger partial charge in [0.2, 0.25) is 0 Å². The lowest BCUT2D eigenvalue weighted by Crippen LogP contribution is -2.39. The predicted octanol–water partition coefficient (Wildman–Crippen LogP) is 1.70. The first-order chi connectivity index (χ1) is 4.95. The van der Waals surface area contributed by atoms with E-state index in [2.05, 4.69) is 17.5 Å². The Hall–Kier alpha value is -0.300. The number of piperidine rings is 1. The van der Waals surface area contributed by atoms with Gasteiger partial charge in [0.1, 0.15) is 0 Å². The smallest absolute Gasteiger partial charge is 0.0102 e. The molecule has 2 aliphatic heterocycles. The van der Waals surface area contributed by atoms with Crippen molar-refractivity contribution in [1.29, 1.82) is 0 Å². The Morgan fingerprint density at radius 2 is 2.00 bits per heavy atom. The van der Waals surface area contributed by atoms with Crippen molar-refractivity contribution in [3.8, 4) is 0 Å². The first-order valence-electron chi connectivity index (χ1n) is 4.33. The van der Waals surface area contributed by atoms with Crippen molar-refractivity contribution in [2.45, 2.75) is 31.7 Å². The number of rotatable bonds is 0. The standard InChI is InChI=1S/C9H15N/c1-2-4-9-6-5-8(3-1)7-10-9/h1-2,8-10H,3-7H2/b2-1-. The fourth-order valence-electron chi connectivity index (χ4n) is 1.93. The van der Waals surface area contributed by atoms with Crippen molar-refractivity contribution in [2.24, 2.45) is 5.92 Å². The van der Waals surface area contributed by atoms with E-state index >= 15 is 0 Å². The van der Waals surface area contributed by atoms with Crippen LogP contribution in [0.5, 0.6) is 0 Å². The lowest BCUT2D eigenvalue weighted by Gasteiger charge is -2.30. The number of hydrogen-bond donors (Lipinski definition) is 1. The Balaban J connectivity index is 2.06. The van der Waals surface area contributed by atoms with Gasteiger partial charge < -0.3 is 5.32 Å². The normalized spacial score (nSPS) is 42.4. The zero-order valence-corrected chi connectivity index (χ0v) is 6.34. The minimum absolute atomic E-state index is 0.799. The van der Waals surface area contributed by atoms with E-state index in [-0.39, 0.29) is 0 Å². The Morgan fingerprint density at radius 1 is 1.10 bits per heavy atom. The molecule has 1 aliphatic carbocycles. The molecule has 0 saturated carbocycles. The van der Waals surface area contributed by atoms with Crippen LogP contribution in [0.25, 0.3) is 0 Å². The average Bonchev–Trinajstić information content (AvgIpc) is 1.89. The SMILES string of the molecule is C1=C\CC2CCC(C/1)CN2. The van der Waals surface area contributed by atoms with Gasteiger partial charge in [-0.25, -0.2) is 0 Å². The van der Waals surface area contributed by atoms with Gasteiger partial charge in [-0.05, 0) is 38.1 Å². The Kier molecular flexibility index (Phi) is 1.76. The fourth-order valence-corrected chi connectivity index (χ4v) is 1.93. The minimum atomic E-state index is 0.799. The molecule has 10 heavy (non-hydrogen) atoms. The highest BCUT2D eigenvalue weighted by Gasteiger charge is 2.19. The second-order valence-electron chi connectivity index (χ2n) is 3.49. The summed E-state index contributed by atoms with van der Waals surface area (Å²) in [6.07, 6.45) is 10.1. The monoisotopic (exact) mass is 137 g/mol. The van der Waals surface area contributed by atoms with Gasteiger partial charge in [0, 0.05) is 6.04 Å². The maximum atomic E-state index is 3.57. The van der Waals surface area contributed by atoms with E-state index < -0.39 is 0 Å². The summed E-state index contributed by atoms with van der Waals surface area (Å²) in [4.78, 5) is 0. The van der Waals surface area contributed by atoms with E-state index in [0.29, 0.717) is 0 Å². The van der Waals surface area contributed by atoms with Gasteiger partial charge in [0.25, 0.3) is 0 Å². The number of hydrogen-bond acceptors (Lipinski definition) is 1. The molecular weight excluding hydrogens is 122 g/mol. The van der Waals surface area contributed by atoms with Gasteiger partial charge in [-0.15, -0.1) is 0 Å². The highest BCUT2D eigenvalue weighted by Crippen LogP contribution is 2.22. The van der Waals surface area contributed by atoms with Crippen LogP contribution >= 0.6 is 0 Å². The summed E-state index contributed by atoms with van der Waals surface area (Å²) >= 11 is 0. The van der Waals surface area contributed by atoms with Crippen molar-refractivity contribution >= 4 is 0 Å². The van der Waals surface area contributed by atoms with Crippen LogP contribution in [0.3, 0.4) is 0 Å². The molecule has 0 spiro atoms. The molecule has 2 heterocycles. The van der Waals surface area contributed by atoms with Crippen molar-refractivity contribution in [1.82, 2.24) is 5.32 Å². The van der Waals surface area contributed by atoms with Crippen LogP contribution in [-0.4, -0.2) is 12.6 Å². The second-order valence-corrected chi connectivity index (χ2v) is 3.49. The van der Waals surface area contributed by atoms with E-state index in [1.165, 1.54) is 32.2 Å². The molecule has 1 fully saturated rings. The predicted molar refractivity (Wildman–Crippen MR) is 42.9 cm³/mol. The number of allylic oxidation sites excluding steroid dienone is 1. The molecule has 0 radical (unpaired) electrons. The highest BCUT2D eigenvalue weighted by molar-refractivity contribution is 4.94. The van der Waals surface area contributed by atoms with Crippen LogP contribution in [0.1, 0.15) is 25.7 Å². The molecule has 0 aromatic rings. The summed E-state index contributed by atoms with van der Waals surface area (Å²) in [5.41, 5.74) is 0. The van der Waals surface area contributed by atoms with Crippen LogP contribution in [0, 0.1) is 5.92 Å². The Labute approximate surface area is 62.5 Å². The summed E-state index contributed by atoms with van der Waals surface area (Å²) in [6, 6.07) is 0.799. The summed E-state index contributed by atoms with van der Waals surface area (Å²) in [5, 5.41) is 3.57. The van der Waals surface area contributed by atoms with Crippen molar-refractivity contribution in [2.75, 3.05) is 6.54 Å². The topological polar surface area (TPSA) is 12.0 Å². The molecule has 0 aromatic heterocycles. The van der Waals surface area contributed by atoms with E-state index in [0.717, 1.165) is 12.0 Å². The van der Waals surface area contributed by atoms with Gasteiger partial charge in [-0.1, -0.05) is 12.2 Å². The zero-order chi connectivity index (χ0) is 6.81. The molecule has 2 atom stereocenters. The van der Waals surface area contributed by atoms with Crippen molar-refractivity contribution in [3.63, 3.8) is 0 Å². The molecule has 1 saturated heterocycles. The van der Waals surface area contributed by atoms with Crippen LogP contribution in [0.4, 0.5) is 0 Å². The van der Waals surface area contributed by atoms with Gasteiger partial charge in [0.05, 0.1) is 0 Å². The first kappa shape index (κ1) is 6.41. The fraction of sp³-hybridized carbons (Fsp3) is 0.778. The van der Waals surface area contributed by atoms with Gasteiger partial charge in [-0.3, -0.25) is 0 Å². The molecule has 3 rings (SSSR count). The molecule has 2 bridgehead atoms. The van der Waals surface area contributed by atoms with Gasteiger partial charge in [-0.2, -0.15) is 0 Å². The molecular formula is C9H15N. The Bertz CT molecular complexity index is 116. The quantitative estimate of drug-likeness (QED) is 0.501. The third-order valence-corrected chi connectivity index (χ3v) is 2.68. The summed E-state index contributed by atoms with van der Waals surface area (Å²) < 4.78 is 0. The van der Waals surface area contributed by atoms with Gasteiger partial charge >= 0.3 is 0 Å². The van der Waals surface area contributed by atoms with E-state index in [1.807, 2.05) is 0 Å². The first-order valence-corrected chi connectivity index (χ1v) is 4.33. The van der Waals surface area contributed by atoms with E-state index in [1.54, 1.807) is 0 Å². The van der Waals surface area contributed by atoms with E-state index in [9.17, 15) is 0 Å². The molecule has 1 heteroatoms. The molecule has 1 N–H and O–H groups in total. The van der Waals surface area contributed by atoms with Gasteiger partial charge in [0.15, 0.2) is 0 Å². The third-order valence-electron chi connectivity index (χ3n) is 2.68. The largest absolute Gasteiger partial charge is 0.313 e. The summed E-state index contributed by atoms with van der Waals surface area (Å²) in [6.45, 7) is 1.26. The van der Waals surface area contributed by atoms with Crippen LogP contribution < -0.4 is 5.32 Å². The van der Waals surface area contributed by atoms with Crippen molar-refractivity contribution in [3.05, 3.63) is 12.2 Å². The minimum Gasteiger partial charge on any atom is -0.313 e. The maximum Gasteiger partial charge on any atom is 0.0102 e. The van der Waals surface area contributed by atoms with Crippen molar-refractivity contribution < 1.29 is 0 Å². The lowest BCUT2D eigenvalue weighted by molar-refractivity contribution is 0.306. The Morgan fingerprint density at radius 3 is 2.80 bits per heavy atom. The highest BCUT2D eigenvalue weighted by atomic mass is 14.9. The molecule has 2 unspecified atom stereocenters. The zero-order valence-electron chi connectivity index (χ0n) is 6.34. The molecule has 0 aromatic carbocycles. The average molecular weight is 137 g/mol. The second kappa shape index (κ2) is 2.75. The van der Waals surface area contributed by atoms with E-state index in [4.69, 9.17) is 0 Å². The molecule has 1 nitrogen and oxygen atoms in total. The third kappa shape index (κ3) is 1.24. The maximum absolute atomic E-state index is 3.57. The summed E-state index contributed by atoms with van der Waals surface area (Å²) in [5.74, 6) is 0.938. The molecule has 0 amide bonds. The van der Waals surface area contributed by atoms with Crippen LogP contribution in [0.2, 0.25) is 0 Å².